The largest absolute Gasteiger partial charge is 0.508 e. The highest BCUT2D eigenvalue weighted by molar-refractivity contribution is 6.24. The van der Waals surface area contributed by atoms with E-state index in [1.165, 1.54) is 19.0 Å². The van der Waals surface area contributed by atoms with Crippen LogP contribution in [0.5, 0.6) is 5.75 Å². The Hall–Kier alpha value is -3.35. The number of Topliss-reactive ketones (excluding diaryl/α,β-unsaturated/α-hetero) is 2. The number of aliphatic hydroxyl groups is 3. The van der Waals surface area contributed by atoms with E-state index in [2.05, 4.69) is 0 Å². The standard InChI is InChI=1S/C26H29F2N3O7/c1-30(2)20-14-6-10-5-13-17(15(32)7-11(19(13)28)8-31-4-3-12(27)9-31)21(33)16(10)23(35)26(14,38)24(36)18(22(20)34)25(29)37/h7,10,12,14,20,32-33,36,38H,3-6,8-9H2,1-2H3,(H2,29,37)/t10-,12+,14-,20-,26-/m0/s1. The lowest BCUT2D eigenvalue weighted by Gasteiger charge is -2.50. The maximum absolute atomic E-state index is 15.7. The third kappa shape index (κ3) is 3.57. The number of likely N-dealkylation sites (tertiary alicyclic amines) is 1. The van der Waals surface area contributed by atoms with Gasteiger partial charge in [-0.1, -0.05) is 0 Å². The van der Waals surface area contributed by atoms with Crippen LogP contribution in [0.25, 0.3) is 5.76 Å². The second-order valence-electron chi connectivity index (χ2n) is 10.8. The summed E-state index contributed by atoms with van der Waals surface area (Å²) in [6.07, 6.45) is -0.974. The lowest BCUT2D eigenvalue weighted by atomic mass is 9.57. The van der Waals surface area contributed by atoms with E-state index in [-0.39, 0.29) is 48.2 Å². The number of likely N-dealkylation sites (N-methyl/N-ethyl adjacent to an activating group) is 1. The number of carbonyl (C=O) groups excluding carboxylic acids is 3. The van der Waals surface area contributed by atoms with Crippen LogP contribution in [-0.4, -0.2) is 92.7 Å². The molecule has 5 rings (SSSR count). The van der Waals surface area contributed by atoms with Crippen molar-refractivity contribution in [2.24, 2.45) is 17.6 Å². The van der Waals surface area contributed by atoms with Crippen molar-refractivity contribution in [1.29, 1.82) is 0 Å². The number of phenolic OH excluding ortho intramolecular Hbond substituents is 1. The molecule has 1 aromatic carbocycles. The Morgan fingerprint density at radius 3 is 2.53 bits per heavy atom. The van der Waals surface area contributed by atoms with E-state index in [4.69, 9.17) is 5.73 Å². The predicted molar refractivity (Wildman–Crippen MR) is 129 cm³/mol. The zero-order valence-electron chi connectivity index (χ0n) is 20.9. The van der Waals surface area contributed by atoms with Gasteiger partial charge < -0.3 is 26.2 Å². The molecule has 12 heteroatoms. The van der Waals surface area contributed by atoms with Gasteiger partial charge in [0.2, 0.25) is 5.78 Å². The molecule has 5 atom stereocenters. The molecule has 38 heavy (non-hydrogen) atoms. The van der Waals surface area contributed by atoms with Crippen LogP contribution >= 0.6 is 0 Å². The second-order valence-corrected chi connectivity index (χ2v) is 10.8. The minimum atomic E-state index is -2.75. The summed E-state index contributed by atoms with van der Waals surface area (Å²) in [5.41, 5.74) is 1.05. The summed E-state index contributed by atoms with van der Waals surface area (Å²) >= 11 is 0. The molecule has 1 heterocycles. The van der Waals surface area contributed by atoms with Crippen LogP contribution in [0.4, 0.5) is 8.78 Å². The van der Waals surface area contributed by atoms with Crippen LogP contribution in [0, 0.1) is 17.7 Å². The number of primary amides is 1. The van der Waals surface area contributed by atoms with Crippen molar-refractivity contribution < 1.29 is 43.6 Å². The van der Waals surface area contributed by atoms with E-state index in [1.807, 2.05) is 0 Å². The highest BCUT2D eigenvalue weighted by Crippen LogP contribution is 2.53. The average Bonchev–Trinajstić information content (AvgIpc) is 3.23. The predicted octanol–water partition coefficient (Wildman–Crippen LogP) is 0.647. The number of hydrogen-bond donors (Lipinski definition) is 5. The highest BCUT2D eigenvalue weighted by Gasteiger charge is 2.64. The number of carbonyl (C=O) groups is 3. The minimum absolute atomic E-state index is 0.0402. The van der Waals surface area contributed by atoms with Crippen LogP contribution in [0.15, 0.2) is 23.0 Å². The van der Waals surface area contributed by atoms with Crippen molar-refractivity contribution in [3.63, 3.8) is 0 Å². The number of nitrogens with two attached hydrogens (primary N) is 1. The summed E-state index contributed by atoms with van der Waals surface area (Å²) in [6, 6.07) is -0.105. The highest BCUT2D eigenvalue weighted by atomic mass is 19.1. The molecule has 0 bridgehead atoms. The van der Waals surface area contributed by atoms with E-state index in [0.29, 0.717) is 13.0 Å². The van der Waals surface area contributed by atoms with E-state index in [1.54, 1.807) is 4.90 Å². The molecule has 0 unspecified atom stereocenters. The summed E-state index contributed by atoms with van der Waals surface area (Å²) in [7, 11) is 3.00. The van der Waals surface area contributed by atoms with Crippen LogP contribution in [0.3, 0.4) is 0 Å². The number of aromatic hydroxyl groups is 1. The van der Waals surface area contributed by atoms with Crippen molar-refractivity contribution in [3.05, 3.63) is 45.5 Å². The Kier molecular flexibility index (Phi) is 6.12. The molecule has 2 fully saturated rings. The molecule has 4 aliphatic rings. The zero-order chi connectivity index (χ0) is 27.8. The van der Waals surface area contributed by atoms with Crippen molar-refractivity contribution in [1.82, 2.24) is 9.80 Å². The van der Waals surface area contributed by atoms with Gasteiger partial charge in [0.05, 0.1) is 11.6 Å². The van der Waals surface area contributed by atoms with Gasteiger partial charge in [0.1, 0.15) is 34.8 Å². The number of alkyl halides is 1. The number of hydrogen-bond acceptors (Lipinski definition) is 9. The maximum atomic E-state index is 15.7. The van der Waals surface area contributed by atoms with Gasteiger partial charge in [0.15, 0.2) is 11.4 Å². The monoisotopic (exact) mass is 533 g/mol. The molecular formula is C26H29F2N3O7. The number of phenols is 1. The van der Waals surface area contributed by atoms with Gasteiger partial charge in [-0.15, -0.1) is 0 Å². The molecule has 0 aromatic heterocycles. The second kappa shape index (κ2) is 8.85. The Labute approximate surface area is 216 Å². The first-order valence-corrected chi connectivity index (χ1v) is 12.3. The third-order valence-electron chi connectivity index (χ3n) is 8.34. The number of aliphatic hydroxyl groups excluding tert-OH is 2. The fourth-order valence-corrected chi connectivity index (χ4v) is 6.63. The van der Waals surface area contributed by atoms with E-state index < -0.39 is 75.8 Å². The van der Waals surface area contributed by atoms with Crippen molar-refractivity contribution in [2.45, 2.75) is 43.6 Å². The molecule has 10 nitrogen and oxygen atoms in total. The lowest BCUT2D eigenvalue weighted by molar-refractivity contribution is -0.153. The first kappa shape index (κ1) is 26.3. The van der Waals surface area contributed by atoms with Gasteiger partial charge in [-0.25, -0.2) is 8.78 Å². The first-order chi connectivity index (χ1) is 17.8. The van der Waals surface area contributed by atoms with Crippen LogP contribution in [0.1, 0.15) is 29.5 Å². The molecule has 1 amide bonds. The fourth-order valence-electron chi connectivity index (χ4n) is 6.63. The summed E-state index contributed by atoms with van der Waals surface area (Å²) in [4.78, 5) is 42.0. The van der Waals surface area contributed by atoms with Gasteiger partial charge in [0, 0.05) is 42.3 Å². The smallest absolute Gasteiger partial charge is 0.255 e. The Balaban J connectivity index is 1.64. The molecular weight excluding hydrogens is 504 g/mol. The lowest BCUT2D eigenvalue weighted by Crippen LogP contribution is -2.65. The number of benzene rings is 1. The van der Waals surface area contributed by atoms with Crippen LogP contribution in [0.2, 0.25) is 0 Å². The minimum Gasteiger partial charge on any atom is -0.508 e. The molecule has 204 valence electrons. The first-order valence-electron chi connectivity index (χ1n) is 12.3. The fraction of sp³-hybridized carbons (Fsp3) is 0.500. The van der Waals surface area contributed by atoms with Gasteiger partial charge in [-0.3, -0.25) is 24.2 Å². The van der Waals surface area contributed by atoms with Crippen molar-refractivity contribution >= 4 is 23.2 Å². The van der Waals surface area contributed by atoms with Crippen molar-refractivity contribution in [2.75, 3.05) is 27.2 Å². The van der Waals surface area contributed by atoms with Crippen LogP contribution in [-0.2, 0) is 27.3 Å². The molecule has 1 aliphatic heterocycles. The molecule has 0 radical (unpaired) electrons. The summed E-state index contributed by atoms with van der Waals surface area (Å²) in [5, 5.41) is 44.3. The summed E-state index contributed by atoms with van der Waals surface area (Å²) < 4.78 is 29.4. The quantitative estimate of drug-likeness (QED) is 0.350. The number of fused-ring (bicyclic) bond motifs is 3. The molecule has 0 spiro atoms. The topological polar surface area (TPSA) is 165 Å². The van der Waals surface area contributed by atoms with Crippen LogP contribution < -0.4 is 5.73 Å². The third-order valence-corrected chi connectivity index (χ3v) is 8.34. The Bertz CT molecular complexity index is 1340. The number of amides is 1. The molecule has 3 aliphatic carbocycles. The Morgan fingerprint density at radius 1 is 1.26 bits per heavy atom. The molecule has 1 saturated heterocycles. The maximum Gasteiger partial charge on any atom is 0.255 e. The summed E-state index contributed by atoms with van der Waals surface area (Å²) in [5.74, 6) is -8.60. The van der Waals surface area contributed by atoms with Gasteiger partial charge in [0.25, 0.3) is 5.91 Å². The molecule has 1 saturated carbocycles. The van der Waals surface area contributed by atoms with E-state index in [0.717, 1.165) is 6.07 Å². The van der Waals surface area contributed by atoms with Gasteiger partial charge >= 0.3 is 0 Å². The van der Waals surface area contributed by atoms with Gasteiger partial charge in [-0.05, 0) is 45.3 Å². The van der Waals surface area contributed by atoms with E-state index >= 15 is 4.39 Å². The SMILES string of the molecule is CN(C)[C@@H]1C(=O)C(C(N)=O)=C(O)[C@@]2(O)C(=O)C3=C(O)c4c(O)cc(CN5CC[C@@H](F)C5)c(F)c4C[C@H]3C[C@@H]12. The number of rotatable bonds is 4. The Morgan fingerprint density at radius 2 is 1.95 bits per heavy atom. The number of ketones is 2. The van der Waals surface area contributed by atoms with E-state index in [9.17, 15) is 39.2 Å². The van der Waals surface area contributed by atoms with Gasteiger partial charge in [-0.2, -0.15) is 0 Å². The average molecular weight is 534 g/mol. The molecule has 1 aromatic rings. The molecule has 6 N–H and O–H groups in total. The van der Waals surface area contributed by atoms with Crippen molar-refractivity contribution in [3.8, 4) is 5.75 Å². The zero-order valence-corrected chi connectivity index (χ0v) is 20.9. The number of halogens is 2. The summed E-state index contributed by atoms with van der Waals surface area (Å²) in [6.45, 7) is 0.603. The normalized spacial score (nSPS) is 31.5. The number of nitrogens with zero attached hydrogens (tertiary/aromatic N) is 2.